The van der Waals surface area contributed by atoms with E-state index in [0.29, 0.717) is 49.2 Å². The van der Waals surface area contributed by atoms with E-state index >= 15 is 0 Å². The summed E-state index contributed by atoms with van der Waals surface area (Å²) in [6.45, 7) is 1.03. The Hall–Kier alpha value is -3.86. The monoisotopic (exact) mass is 510 g/mol. The first-order chi connectivity index (χ1) is 17.2. The van der Waals surface area contributed by atoms with Crippen LogP contribution in [0.3, 0.4) is 0 Å². The van der Waals surface area contributed by atoms with Crippen molar-refractivity contribution in [3.63, 3.8) is 0 Å². The van der Waals surface area contributed by atoms with Gasteiger partial charge in [0, 0.05) is 30.5 Å². The molecule has 0 atom stereocenters. The van der Waals surface area contributed by atoms with Gasteiger partial charge in [0.2, 0.25) is 5.82 Å². The van der Waals surface area contributed by atoms with Gasteiger partial charge in [0.05, 0.1) is 10.7 Å². The van der Waals surface area contributed by atoms with Crippen LogP contribution in [0.5, 0.6) is 11.6 Å². The van der Waals surface area contributed by atoms with Crippen molar-refractivity contribution in [2.45, 2.75) is 19.3 Å². The van der Waals surface area contributed by atoms with Crippen molar-refractivity contribution in [1.82, 2.24) is 9.97 Å². The van der Waals surface area contributed by atoms with Crippen LogP contribution in [0.4, 0.5) is 11.5 Å². The lowest BCUT2D eigenvalue weighted by molar-refractivity contribution is -0.385. The van der Waals surface area contributed by atoms with Crippen LogP contribution < -0.4 is 9.64 Å². The Kier molecular flexibility index (Phi) is 7.58. The molecule has 4 rings (SSSR count). The van der Waals surface area contributed by atoms with Gasteiger partial charge in [-0.25, -0.2) is 13.4 Å². The van der Waals surface area contributed by atoms with Gasteiger partial charge in [-0.2, -0.15) is 4.98 Å². The molecule has 0 N–H and O–H groups in total. The average Bonchev–Trinajstić information content (AvgIpc) is 2.87. The highest BCUT2D eigenvalue weighted by molar-refractivity contribution is 7.90. The van der Waals surface area contributed by atoms with Gasteiger partial charge >= 0.3 is 11.6 Å². The lowest BCUT2D eigenvalue weighted by Crippen LogP contribution is -2.35. The number of nitrogens with zero attached hydrogens (tertiary/aromatic N) is 4. The summed E-state index contributed by atoms with van der Waals surface area (Å²) in [7, 11) is -3.02. The number of ether oxygens (including phenoxy) is 1. The summed E-state index contributed by atoms with van der Waals surface area (Å²) < 4.78 is 28.6. The highest BCUT2D eigenvalue weighted by Gasteiger charge is 2.31. The molecule has 10 nitrogen and oxygen atoms in total. The molecule has 0 spiro atoms. The maximum absolute atomic E-state index is 12.6. The number of anilines is 1. The first-order valence-electron chi connectivity index (χ1n) is 11.5. The molecule has 11 heteroatoms. The number of hydrogen-bond acceptors (Lipinski definition) is 9. The number of hydrogen-bond donors (Lipinski definition) is 0. The van der Waals surface area contributed by atoms with Crippen molar-refractivity contribution in [1.29, 1.82) is 0 Å². The maximum Gasteiger partial charge on any atom is 0.373 e. The van der Waals surface area contributed by atoms with E-state index < -0.39 is 14.8 Å². The van der Waals surface area contributed by atoms with Crippen LogP contribution in [-0.4, -0.2) is 54.2 Å². The number of piperidine rings is 1. The Morgan fingerprint density at radius 1 is 1.06 bits per heavy atom. The first-order valence-corrected chi connectivity index (χ1v) is 13.6. The quantitative estimate of drug-likeness (QED) is 0.237. The molecule has 0 aliphatic carbocycles. The Labute approximate surface area is 209 Å². The molecule has 1 aliphatic heterocycles. The summed E-state index contributed by atoms with van der Waals surface area (Å²) in [6, 6.07) is 15.2. The smallest absolute Gasteiger partial charge is 0.373 e. The molecule has 0 bridgehead atoms. The van der Waals surface area contributed by atoms with Crippen LogP contribution in [0.1, 0.15) is 35.2 Å². The molecule has 2 aromatic carbocycles. The molecule has 3 aromatic rings. The highest BCUT2D eigenvalue weighted by atomic mass is 32.2. The number of carbonyl (C=O) groups excluding carboxylic acids is 1. The summed E-state index contributed by atoms with van der Waals surface area (Å²) in [4.78, 5) is 34.0. The maximum atomic E-state index is 12.6. The minimum atomic E-state index is -3.02. The lowest BCUT2D eigenvalue weighted by Gasteiger charge is -2.32. The van der Waals surface area contributed by atoms with E-state index in [9.17, 15) is 23.3 Å². The topological polar surface area (TPSA) is 133 Å². The van der Waals surface area contributed by atoms with Crippen molar-refractivity contribution in [3.8, 4) is 11.6 Å². The Morgan fingerprint density at radius 2 is 1.69 bits per heavy atom. The van der Waals surface area contributed by atoms with Crippen LogP contribution in [0, 0.1) is 16.0 Å². The van der Waals surface area contributed by atoms with E-state index in [2.05, 4.69) is 9.97 Å². The molecule has 36 heavy (non-hydrogen) atoms. The standard InChI is InChI=1S/C25H26N4O6S/c1-36(33,34)16-13-18-11-14-28(15-12-18)24-22(29(31)32)25(27-17-26-24)35-21-9-7-20(8-10-21)23(30)19-5-3-2-4-6-19/h2-10,17-18H,11-16H2,1H3. The second-order valence-corrected chi connectivity index (χ2v) is 11.0. The van der Waals surface area contributed by atoms with Gasteiger partial charge in [-0.05, 0) is 49.4 Å². The second-order valence-electron chi connectivity index (χ2n) is 8.78. The molecule has 1 fully saturated rings. The molecule has 1 saturated heterocycles. The predicted octanol–water partition coefficient (Wildman–Crippen LogP) is 4.06. The van der Waals surface area contributed by atoms with Gasteiger partial charge in [-0.1, -0.05) is 30.3 Å². The van der Waals surface area contributed by atoms with Gasteiger partial charge in [0.15, 0.2) is 5.78 Å². The van der Waals surface area contributed by atoms with Crippen LogP contribution in [0.25, 0.3) is 0 Å². The van der Waals surface area contributed by atoms with Gasteiger partial charge in [0.25, 0.3) is 0 Å². The van der Waals surface area contributed by atoms with Gasteiger partial charge in [-0.15, -0.1) is 0 Å². The lowest BCUT2D eigenvalue weighted by atomic mass is 9.94. The van der Waals surface area contributed by atoms with E-state index in [1.807, 2.05) is 11.0 Å². The summed E-state index contributed by atoms with van der Waals surface area (Å²) in [5.74, 6) is 0.515. The number of nitro groups is 1. The number of rotatable bonds is 9. The number of sulfone groups is 1. The van der Waals surface area contributed by atoms with E-state index in [0.717, 1.165) is 0 Å². The third kappa shape index (κ3) is 6.22. The summed E-state index contributed by atoms with van der Waals surface area (Å²) >= 11 is 0. The molecule has 0 saturated carbocycles. The molecular formula is C25H26N4O6S. The average molecular weight is 511 g/mol. The van der Waals surface area contributed by atoms with Gasteiger partial charge < -0.3 is 9.64 Å². The number of benzene rings is 2. The largest absolute Gasteiger partial charge is 0.434 e. The normalized spacial score (nSPS) is 14.4. The van der Waals surface area contributed by atoms with Crippen LogP contribution in [0.2, 0.25) is 0 Å². The molecular weight excluding hydrogens is 484 g/mol. The van der Waals surface area contributed by atoms with E-state index in [4.69, 9.17) is 4.74 Å². The Morgan fingerprint density at radius 3 is 2.31 bits per heavy atom. The van der Waals surface area contributed by atoms with Crippen molar-refractivity contribution in [2.24, 2.45) is 5.92 Å². The number of carbonyl (C=O) groups is 1. The number of ketones is 1. The SMILES string of the molecule is CS(=O)(=O)CCC1CCN(c2ncnc(Oc3ccc(C(=O)c4ccccc4)cc3)c2[N+](=O)[O-])CC1. The summed E-state index contributed by atoms with van der Waals surface area (Å²) in [5.41, 5.74) is 0.684. The molecule has 2 heterocycles. The predicted molar refractivity (Wildman–Crippen MR) is 134 cm³/mol. The molecule has 1 aliphatic rings. The molecule has 1 aromatic heterocycles. The van der Waals surface area contributed by atoms with E-state index in [-0.39, 0.29) is 34.8 Å². The summed E-state index contributed by atoms with van der Waals surface area (Å²) in [6.07, 6.45) is 4.45. The molecule has 0 unspecified atom stereocenters. The minimum Gasteiger partial charge on any atom is -0.434 e. The minimum absolute atomic E-state index is 0.138. The molecule has 188 valence electrons. The fraction of sp³-hybridized carbons (Fsp3) is 0.320. The zero-order chi connectivity index (χ0) is 25.7. The number of aromatic nitrogens is 2. The van der Waals surface area contributed by atoms with Gasteiger partial charge in [-0.3, -0.25) is 14.9 Å². The van der Waals surface area contributed by atoms with Gasteiger partial charge in [0.1, 0.15) is 21.9 Å². The van der Waals surface area contributed by atoms with Crippen molar-refractivity contribution < 1.29 is 22.9 Å². The van der Waals surface area contributed by atoms with E-state index in [1.54, 1.807) is 48.5 Å². The van der Waals surface area contributed by atoms with Crippen molar-refractivity contribution >= 4 is 27.1 Å². The van der Waals surface area contributed by atoms with Crippen LogP contribution in [0.15, 0.2) is 60.9 Å². The summed E-state index contributed by atoms with van der Waals surface area (Å²) in [5, 5.41) is 12.0. The zero-order valence-electron chi connectivity index (χ0n) is 19.7. The van der Waals surface area contributed by atoms with Crippen LogP contribution in [-0.2, 0) is 9.84 Å². The fourth-order valence-electron chi connectivity index (χ4n) is 4.18. The second kappa shape index (κ2) is 10.8. The third-order valence-corrected chi connectivity index (χ3v) is 7.11. The third-order valence-electron chi connectivity index (χ3n) is 6.13. The zero-order valence-corrected chi connectivity index (χ0v) is 20.6. The fourth-order valence-corrected chi connectivity index (χ4v) is 4.94. The molecule has 0 amide bonds. The molecule has 0 radical (unpaired) electrons. The van der Waals surface area contributed by atoms with E-state index in [1.165, 1.54) is 12.6 Å². The van der Waals surface area contributed by atoms with Crippen LogP contribution >= 0.6 is 0 Å². The van der Waals surface area contributed by atoms with Crippen molar-refractivity contribution in [2.75, 3.05) is 30.0 Å². The first kappa shape index (κ1) is 25.2. The highest BCUT2D eigenvalue weighted by Crippen LogP contribution is 2.37. The Balaban J connectivity index is 1.48. The Bertz CT molecular complexity index is 1340. The van der Waals surface area contributed by atoms with Crippen molar-refractivity contribution in [3.05, 3.63) is 82.2 Å².